The Hall–Kier alpha value is -1.02. The number of aromatic nitrogens is 1. The molecule has 0 saturated carbocycles. The van der Waals surface area contributed by atoms with Crippen molar-refractivity contribution in [2.45, 2.75) is 6.55 Å². The van der Waals surface area contributed by atoms with Crippen LogP contribution in [-0.2, 0) is 7.05 Å². The molecule has 0 amide bonds. The molecule has 2 heteroatoms. The quantitative estimate of drug-likeness (QED) is 0.577. The molecule has 1 aromatic heterocycles. The number of hydrogen-bond acceptors (Lipinski definition) is 0. The van der Waals surface area contributed by atoms with Crippen molar-refractivity contribution in [2.75, 3.05) is 0 Å². The van der Waals surface area contributed by atoms with E-state index in [-0.39, 0.29) is 0 Å². The summed E-state index contributed by atoms with van der Waals surface area (Å²) in [6.45, 7) is 2.22. The molecule has 0 saturated heterocycles. The summed E-state index contributed by atoms with van der Waals surface area (Å²) in [7, 11) is 2.97. The lowest BCUT2D eigenvalue weighted by Gasteiger charge is -1.99. The Morgan fingerprint density at radius 1 is 1.25 bits per heavy atom. The normalized spacial score (nSPS) is 10.8. The minimum atomic E-state index is 0.884. The fourth-order valence-corrected chi connectivity index (χ4v) is 2.26. The lowest BCUT2D eigenvalue weighted by molar-refractivity contribution is 0.969. The number of benzene rings is 1. The Morgan fingerprint density at radius 2 is 2.08 bits per heavy atom. The molecule has 0 bridgehead atoms. The summed E-state index contributed by atoms with van der Waals surface area (Å²) in [5.74, 6) is 0. The standard InChI is InChI=1S/C10H11NSi/c1-11-7-6-8-9(11)4-3-5-10(8)12-2/h3-7H,1-2H3. The van der Waals surface area contributed by atoms with Crippen molar-refractivity contribution in [3.63, 3.8) is 0 Å². The van der Waals surface area contributed by atoms with Gasteiger partial charge in [-0.25, -0.2) is 0 Å². The van der Waals surface area contributed by atoms with Crippen LogP contribution in [0.15, 0.2) is 30.5 Å². The topological polar surface area (TPSA) is 4.93 Å². The second-order valence-corrected chi connectivity index (χ2v) is 3.95. The van der Waals surface area contributed by atoms with E-state index in [9.17, 15) is 0 Å². The highest BCUT2D eigenvalue weighted by Gasteiger charge is 2.00. The van der Waals surface area contributed by atoms with E-state index in [1.54, 1.807) is 0 Å². The highest BCUT2D eigenvalue weighted by atomic mass is 28.2. The van der Waals surface area contributed by atoms with Crippen LogP contribution >= 0.6 is 0 Å². The fraction of sp³-hybridized carbons (Fsp3) is 0.200. The van der Waals surface area contributed by atoms with Gasteiger partial charge in [0.2, 0.25) is 0 Å². The average Bonchev–Trinajstić information content (AvgIpc) is 2.48. The summed E-state index contributed by atoms with van der Waals surface area (Å²) in [5, 5.41) is 2.87. The molecule has 0 unspecified atom stereocenters. The van der Waals surface area contributed by atoms with Gasteiger partial charge in [0.25, 0.3) is 0 Å². The number of aryl methyl sites for hydroxylation is 1. The summed E-state index contributed by atoms with van der Waals surface area (Å²) in [6.07, 6.45) is 2.12. The molecule has 0 spiro atoms. The molecule has 1 heterocycles. The first-order chi connectivity index (χ1) is 5.83. The van der Waals surface area contributed by atoms with Crippen molar-refractivity contribution in [3.05, 3.63) is 30.5 Å². The van der Waals surface area contributed by atoms with Crippen LogP contribution in [0, 0.1) is 0 Å². The van der Waals surface area contributed by atoms with E-state index in [4.69, 9.17) is 0 Å². The predicted molar refractivity (Wildman–Crippen MR) is 54.2 cm³/mol. The lowest BCUT2D eigenvalue weighted by Crippen LogP contribution is -2.10. The zero-order valence-corrected chi connectivity index (χ0v) is 8.33. The van der Waals surface area contributed by atoms with Crippen LogP contribution in [0.4, 0.5) is 0 Å². The largest absolute Gasteiger partial charge is 0.351 e. The molecule has 1 aromatic carbocycles. The van der Waals surface area contributed by atoms with Crippen molar-refractivity contribution in [3.8, 4) is 0 Å². The van der Waals surface area contributed by atoms with Gasteiger partial charge in [0.1, 0.15) is 0 Å². The van der Waals surface area contributed by atoms with E-state index in [1.807, 2.05) is 0 Å². The summed E-state index contributed by atoms with van der Waals surface area (Å²) < 4.78 is 2.17. The van der Waals surface area contributed by atoms with Crippen molar-refractivity contribution in [1.82, 2.24) is 4.57 Å². The Morgan fingerprint density at radius 3 is 2.83 bits per heavy atom. The first-order valence-electron chi connectivity index (χ1n) is 4.05. The molecular formula is C10H11NSi. The van der Waals surface area contributed by atoms with E-state index in [1.165, 1.54) is 16.1 Å². The third kappa shape index (κ3) is 0.994. The third-order valence-corrected chi connectivity index (χ3v) is 3.17. The monoisotopic (exact) mass is 173 g/mol. The third-order valence-electron chi connectivity index (χ3n) is 2.20. The molecule has 12 heavy (non-hydrogen) atoms. The molecule has 2 rings (SSSR count). The summed E-state index contributed by atoms with van der Waals surface area (Å²) >= 11 is 0. The maximum Gasteiger partial charge on any atom is 0.0782 e. The Labute approximate surface area is 74.8 Å². The maximum atomic E-state index is 2.22. The van der Waals surface area contributed by atoms with E-state index in [0.29, 0.717) is 0 Å². The Balaban J connectivity index is 2.81. The summed E-state index contributed by atoms with van der Waals surface area (Å²) in [6, 6.07) is 8.70. The Bertz CT molecular complexity index is 403. The Kier molecular flexibility index (Phi) is 1.77. The van der Waals surface area contributed by atoms with Crippen molar-refractivity contribution in [1.29, 1.82) is 0 Å². The molecule has 0 N–H and O–H groups in total. The minimum absolute atomic E-state index is 0.884. The number of rotatable bonds is 1. The number of nitrogens with zero attached hydrogens (tertiary/aromatic N) is 1. The lowest BCUT2D eigenvalue weighted by atomic mass is 10.2. The van der Waals surface area contributed by atoms with Gasteiger partial charge in [-0.05, 0) is 17.5 Å². The molecule has 2 radical (unpaired) electrons. The molecule has 2 aromatic rings. The first kappa shape index (κ1) is 7.62. The van der Waals surface area contributed by atoms with E-state index >= 15 is 0 Å². The minimum Gasteiger partial charge on any atom is -0.351 e. The van der Waals surface area contributed by atoms with Crippen molar-refractivity contribution >= 4 is 25.6 Å². The highest BCUT2D eigenvalue weighted by Crippen LogP contribution is 2.11. The average molecular weight is 173 g/mol. The van der Waals surface area contributed by atoms with Crippen LogP contribution in [0.5, 0.6) is 0 Å². The van der Waals surface area contributed by atoms with E-state index in [0.717, 1.165) is 9.52 Å². The smallest absolute Gasteiger partial charge is 0.0782 e. The van der Waals surface area contributed by atoms with Gasteiger partial charge in [-0.2, -0.15) is 0 Å². The molecule has 0 aliphatic heterocycles. The van der Waals surface area contributed by atoms with Gasteiger partial charge >= 0.3 is 0 Å². The van der Waals surface area contributed by atoms with Crippen LogP contribution in [-0.4, -0.2) is 14.1 Å². The van der Waals surface area contributed by atoms with E-state index in [2.05, 4.69) is 48.6 Å². The van der Waals surface area contributed by atoms with Crippen LogP contribution in [0.1, 0.15) is 0 Å². The number of hydrogen-bond donors (Lipinski definition) is 0. The summed E-state index contributed by atoms with van der Waals surface area (Å²) in [4.78, 5) is 0. The molecule has 0 fully saturated rings. The van der Waals surface area contributed by atoms with Crippen molar-refractivity contribution < 1.29 is 0 Å². The van der Waals surface area contributed by atoms with Gasteiger partial charge < -0.3 is 4.57 Å². The summed E-state index contributed by atoms with van der Waals surface area (Å²) in [5.41, 5.74) is 1.34. The van der Waals surface area contributed by atoms with E-state index < -0.39 is 0 Å². The van der Waals surface area contributed by atoms with Gasteiger partial charge in [0.15, 0.2) is 0 Å². The first-order valence-corrected chi connectivity index (χ1v) is 5.55. The molecule has 0 aliphatic carbocycles. The van der Waals surface area contributed by atoms with Crippen LogP contribution in [0.3, 0.4) is 0 Å². The second-order valence-electron chi connectivity index (χ2n) is 2.92. The van der Waals surface area contributed by atoms with Crippen LogP contribution < -0.4 is 5.19 Å². The highest BCUT2D eigenvalue weighted by molar-refractivity contribution is 6.55. The zero-order chi connectivity index (χ0) is 8.55. The van der Waals surface area contributed by atoms with Gasteiger partial charge in [0, 0.05) is 18.8 Å². The second kappa shape index (κ2) is 2.79. The van der Waals surface area contributed by atoms with Crippen LogP contribution in [0.25, 0.3) is 10.9 Å². The molecule has 60 valence electrons. The van der Waals surface area contributed by atoms with Gasteiger partial charge in [-0.15, -0.1) is 0 Å². The van der Waals surface area contributed by atoms with Gasteiger partial charge in [-0.1, -0.05) is 23.9 Å². The molecule has 0 aliphatic rings. The van der Waals surface area contributed by atoms with Gasteiger partial charge in [0.05, 0.1) is 9.52 Å². The number of fused-ring (bicyclic) bond motifs is 1. The molecule has 1 nitrogen and oxygen atoms in total. The SMILES string of the molecule is C[Si]c1cccc2c1ccn2C. The zero-order valence-electron chi connectivity index (χ0n) is 7.33. The molecule has 0 atom stereocenters. The maximum absolute atomic E-state index is 2.22. The molecular weight excluding hydrogens is 162 g/mol. The van der Waals surface area contributed by atoms with Crippen molar-refractivity contribution in [2.24, 2.45) is 7.05 Å². The van der Waals surface area contributed by atoms with Gasteiger partial charge in [-0.3, -0.25) is 0 Å². The van der Waals surface area contributed by atoms with Crippen LogP contribution in [0.2, 0.25) is 6.55 Å². The predicted octanol–water partition coefficient (Wildman–Crippen LogP) is 1.56. The fourth-order valence-electron chi connectivity index (χ4n) is 1.52.